The highest BCUT2D eigenvalue weighted by atomic mass is 35.5. The maximum Gasteiger partial charge on any atom is 0.286 e. The highest BCUT2D eigenvalue weighted by Crippen LogP contribution is 2.37. The van der Waals surface area contributed by atoms with Gasteiger partial charge in [0.05, 0.1) is 31.4 Å². The van der Waals surface area contributed by atoms with Gasteiger partial charge in [0, 0.05) is 36.1 Å². The molecule has 1 aromatic carbocycles. The summed E-state index contributed by atoms with van der Waals surface area (Å²) in [7, 11) is -3.60. The van der Waals surface area contributed by atoms with Crippen LogP contribution in [0.3, 0.4) is 0 Å². The van der Waals surface area contributed by atoms with Crippen molar-refractivity contribution in [2.24, 2.45) is 5.92 Å². The van der Waals surface area contributed by atoms with Crippen molar-refractivity contribution < 1.29 is 13.2 Å². The van der Waals surface area contributed by atoms with Gasteiger partial charge < -0.3 is 0 Å². The van der Waals surface area contributed by atoms with E-state index in [1.165, 1.54) is 24.2 Å². The van der Waals surface area contributed by atoms with Gasteiger partial charge in [-0.1, -0.05) is 67.1 Å². The predicted molar refractivity (Wildman–Crippen MR) is 177 cm³/mol. The first-order valence-corrected chi connectivity index (χ1v) is 18.6. The van der Waals surface area contributed by atoms with E-state index >= 15 is 0 Å². The molecule has 3 aliphatic rings. The van der Waals surface area contributed by atoms with Gasteiger partial charge in [0.15, 0.2) is 5.69 Å². The first kappa shape index (κ1) is 31.6. The average molecular weight is 675 g/mol. The van der Waals surface area contributed by atoms with Crippen molar-refractivity contribution in [3.05, 3.63) is 56.5 Å². The van der Waals surface area contributed by atoms with Crippen LogP contribution in [0.2, 0.25) is 10.0 Å². The van der Waals surface area contributed by atoms with E-state index in [4.69, 9.17) is 28.3 Å². The lowest BCUT2D eigenvalue weighted by Gasteiger charge is -2.26. The number of carbonyl (C=O) groups excluding carboxylic acids is 1. The summed E-state index contributed by atoms with van der Waals surface area (Å²) in [6.07, 6.45) is 10.9. The van der Waals surface area contributed by atoms with E-state index in [1.807, 2.05) is 17.1 Å². The molecule has 44 heavy (non-hydrogen) atoms. The number of sulfonamides is 1. The van der Waals surface area contributed by atoms with Crippen molar-refractivity contribution in [3.8, 4) is 28.1 Å². The summed E-state index contributed by atoms with van der Waals surface area (Å²) < 4.78 is 31.1. The third-order valence-corrected chi connectivity index (χ3v) is 12.2. The lowest BCUT2D eigenvalue weighted by Crippen LogP contribution is -2.45. The molecule has 2 saturated carbocycles. The Morgan fingerprint density at radius 2 is 1.70 bits per heavy atom. The highest BCUT2D eigenvalue weighted by molar-refractivity contribution is 7.90. The SMILES string of the molecule is O=C(NN1CCCCC1)c1nn(-c2ccc(Cl)cc2Cl)c(-c2ccc(C#CC3CCCC3)s2)c1CNS(=O)(=O)C1CCCC1. The van der Waals surface area contributed by atoms with Crippen molar-refractivity contribution >= 4 is 50.5 Å². The molecule has 3 aromatic rings. The van der Waals surface area contributed by atoms with Gasteiger partial charge in [-0.25, -0.2) is 22.8 Å². The minimum absolute atomic E-state index is 0.0802. The number of nitrogens with zero attached hydrogens (tertiary/aromatic N) is 3. The molecule has 8 nitrogen and oxygen atoms in total. The predicted octanol–water partition coefficient (Wildman–Crippen LogP) is 6.94. The van der Waals surface area contributed by atoms with Crippen molar-refractivity contribution in [1.29, 1.82) is 0 Å². The number of hydrazine groups is 1. The molecule has 0 bridgehead atoms. The average Bonchev–Trinajstić information content (AvgIpc) is 3.83. The van der Waals surface area contributed by atoms with Crippen LogP contribution in [0.5, 0.6) is 0 Å². The molecule has 1 saturated heterocycles. The number of piperidine rings is 1. The fraction of sp³-hybridized carbons (Fsp3) is 0.500. The van der Waals surface area contributed by atoms with Crippen LogP contribution in [0.4, 0.5) is 0 Å². The number of hydrogen-bond acceptors (Lipinski definition) is 6. The maximum atomic E-state index is 13.9. The summed E-state index contributed by atoms with van der Waals surface area (Å²) in [6.45, 7) is 1.42. The van der Waals surface area contributed by atoms with Gasteiger partial charge in [-0.05, 0) is 68.9 Å². The second-order valence-electron chi connectivity index (χ2n) is 11.9. The standard InChI is InChI=1S/C32H37Cl2N5O3S2/c33-23-13-16-28(27(34)20-23)39-31(29-17-15-24(43-29)14-12-22-8-2-3-9-22)26(21-35-44(41,42)25-10-4-5-11-25)30(36-39)32(40)37-38-18-6-1-7-19-38/h13,15-17,20,22,25,35H,1-11,18-19,21H2,(H,37,40). The van der Waals surface area contributed by atoms with Gasteiger partial charge >= 0.3 is 0 Å². The Labute approximate surface area is 273 Å². The van der Waals surface area contributed by atoms with E-state index in [1.54, 1.807) is 22.9 Å². The highest BCUT2D eigenvalue weighted by Gasteiger charge is 2.32. The number of hydrogen-bond donors (Lipinski definition) is 2. The Kier molecular flexibility index (Phi) is 10.0. The molecule has 1 amide bonds. The Hall–Kier alpha value is -2.39. The maximum absolute atomic E-state index is 13.9. The van der Waals surface area contributed by atoms with Crippen LogP contribution < -0.4 is 10.1 Å². The summed E-state index contributed by atoms with van der Waals surface area (Å²) >= 11 is 14.4. The molecular formula is C32H37Cl2N5O3S2. The number of halogens is 2. The molecule has 2 aromatic heterocycles. The Bertz CT molecular complexity index is 1670. The molecule has 0 spiro atoms. The second kappa shape index (κ2) is 13.9. The lowest BCUT2D eigenvalue weighted by atomic mass is 10.1. The van der Waals surface area contributed by atoms with Crippen molar-refractivity contribution in [2.45, 2.75) is 82.4 Å². The van der Waals surface area contributed by atoms with Gasteiger partial charge in [-0.15, -0.1) is 11.3 Å². The van der Waals surface area contributed by atoms with Gasteiger partial charge in [-0.3, -0.25) is 10.2 Å². The van der Waals surface area contributed by atoms with Crippen LogP contribution in [0.15, 0.2) is 30.3 Å². The van der Waals surface area contributed by atoms with E-state index in [2.05, 4.69) is 22.0 Å². The number of rotatable bonds is 8. The first-order valence-electron chi connectivity index (χ1n) is 15.5. The van der Waals surface area contributed by atoms with Crippen molar-refractivity contribution in [1.82, 2.24) is 24.9 Å². The molecule has 6 rings (SSSR count). The summed E-state index contributed by atoms with van der Waals surface area (Å²) in [5, 5.41) is 7.13. The van der Waals surface area contributed by atoms with Crippen LogP contribution in [0.1, 0.15) is 91.6 Å². The smallest absolute Gasteiger partial charge is 0.283 e. The molecule has 234 valence electrons. The van der Waals surface area contributed by atoms with Gasteiger partial charge in [0.1, 0.15) is 0 Å². The molecular weight excluding hydrogens is 637 g/mol. The van der Waals surface area contributed by atoms with Crippen LogP contribution in [-0.4, -0.2) is 47.5 Å². The largest absolute Gasteiger partial charge is 0.286 e. The Balaban J connectivity index is 1.44. The zero-order chi connectivity index (χ0) is 30.7. The first-order chi connectivity index (χ1) is 21.3. The van der Waals surface area contributed by atoms with Gasteiger partial charge in [0.25, 0.3) is 5.91 Å². The summed E-state index contributed by atoms with van der Waals surface area (Å²) in [6, 6.07) is 9.04. The van der Waals surface area contributed by atoms with E-state index in [0.717, 1.165) is 67.8 Å². The summed E-state index contributed by atoms with van der Waals surface area (Å²) in [5.74, 6) is 6.81. The van der Waals surface area contributed by atoms with E-state index in [-0.39, 0.29) is 18.1 Å². The second-order valence-corrected chi connectivity index (χ2v) is 15.8. The number of amides is 1. The van der Waals surface area contributed by atoms with Crippen LogP contribution in [-0.2, 0) is 16.6 Å². The molecule has 2 aliphatic carbocycles. The zero-order valence-corrected chi connectivity index (χ0v) is 27.7. The third-order valence-electron chi connectivity index (χ3n) is 8.74. The fourth-order valence-corrected chi connectivity index (χ4v) is 9.30. The molecule has 0 radical (unpaired) electrons. The molecule has 1 aliphatic heterocycles. The number of carbonyl (C=O) groups is 1. The third kappa shape index (κ3) is 7.19. The van der Waals surface area contributed by atoms with E-state index < -0.39 is 15.3 Å². The minimum atomic E-state index is -3.60. The van der Waals surface area contributed by atoms with Gasteiger partial charge in [0.2, 0.25) is 10.0 Å². The number of nitrogens with one attached hydrogen (secondary N) is 2. The van der Waals surface area contributed by atoms with Crippen molar-refractivity contribution in [2.75, 3.05) is 13.1 Å². The molecule has 3 fully saturated rings. The van der Waals surface area contributed by atoms with E-state index in [0.29, 0.717) is 45.7 Å². The van der Waals surface area contributed by atoms with Crippen molar-refractivity contribution in [3.63, 3.8) is 0 Å². The number of benzene rings is 1. The summed E-state index contributed by atoms with van der Waals surface area (Å²) in [5.41, 5.74) is 4.80. The number of aromatic nitrogens is 2. The van der Waals surface area contributed by atoms with Gasteiger partial charge in [-0.2, -0.15) is 5.10 Å². The zero-order valence-electron chi connectivity index (χ0n) is 24.6. The molecule has 2 N–H and O–H groups in total. The van der Waals surface area contributed by atoms with Crippen LogP contribution in [0.25, 0.3) is 16.3 Å². The lowest BCUT2D eigenvalue weighted by molar-refractivity contribution is 0.0743. The molecule has 3 heterocycles. The molecule has 0 atom stereocenters. The Morgan fingerprint density at radius 3 is 2.43 bits per heavy atom. The summed E-state index contributed by atoms with van der Waals surface area (Å²) in [4.78, 5) is 15.6. The fourth-order valence-electron chi connectivity index (χ4n) is 6.35. The van der Waals surface area contributed by atoms with Crippen LogP contribution >= 0.6 is 34.5 Å². The number of thiophene rings is 1. The quantitative estimate of drug-likeness (QED) is 0.253. The minimum Gasteiger partial charge on any atom is -0.283 e. The molecule has 12 heteroatoms. The monoisotopic (exact) mass is 673 g/mol. The van der Waals surface area contributed by atoms with Crippen LogP contribution in [0, 0.1) is 17.8 Å². The normalized spacial score (nSPS) is 18.4. The topological polar surface area (TPSA) is 96.3 Å². The Morgan fingerprint density at radius 1 is 0.977 bits per heavy atom. The molecule has 0 unspecified atom stereocenters. The van der Waals surface area contributed by atoms with E-state index in [9.17, 15) is 13.2 Å².